The number of thioether (sulfide) groups is 1. The van der Waals surface area contributed by atoms with E-state index in [0.29, 0.717) is 10.7 Å². The summed E-state index contributed by atoms with van der Waals surface area (Å²) in [7, 11) is 0. The normalized spacial score (nSPS) is 11.8. The number of carbonyl (C=O) groups excluding carboxylic acids is 2. The second-order valence-corrected chi connectivity index (χ2v) is 7.03. The van der Waals surface area contributed by atoms with E-state index in [1.807, 2.05) is 12.1 Å². The van der Waals surface area contributed by atoms with Crippen LogP contribution >= 0.6 is 27.7 Å². The summed E-state index contributed by atoms with van der Waals surface area (Å²) in [6.45, 7) is 3.72. The second-order valence-electron chi connectivity index (χ2n) is 4.80. The monoisotopic (exact) mass is 409 g/mol. The molecule has 0 spiro atoms. The van der Waals surface area contributed by atoms with Gasteiger partial charge in [-0.2, -0.15) is 0 Å². The van der Waals surface area contributed by atoms with Crippen molar-refractivity contribution < 1.29 is 14.3 Å². The van der Waals surface area contributed by atoms with Crippen molar-refractivity contribution in [3.8, 4) is 0 Å². The van der Waals surface area contributed by atoms with Crippen LogP contribution in [-0.2, 0) is 4.74 Å². The number of ketones is 1. The van der Waals surface area contributed by atoms with Crippen molar-refractivity contribution in [1.82, 2.24) is 9.97 Å². The van der Waals surface area contributed by atoms with Gasteiger partial charge in [0.25, 0.3) is 0 Å². The van der Waals surface area contributed by atoms with E-state index in [4.69, 9.17) is 10.5 Å². The zero-order chi connectivity index (χ0) is 17.7. The predicted octanol–water partition coefficient (Wildman–Crippen LogP) is 3.36. The van der Waals surface area contributed by atoms with E-state index in [2.05, 4.69) is 25.9 Å². The summed E-state index contributed by atoms with van der Waals surface area (Å²) in [5.74, 6) is -0.566. The number of aromatic nitrogens is 2. The molecule has 2 rings (SSSR count). The van der Waals surface area contributed by atoms with Gasteiger partial charge >= 0.3 is 5.97 Å². The molecular formula is C16H16BrN3O3S. The lowest BCUT2D eigenvalue weighted by Crippen LogP contribution is -2.15. The number of hydrogen-bond acceptors (Lipinski definition) is 7. The maximum atomic E-state index is 12.4. The Labute approximate surface area is 152 Å². The summed E-state index contributed by atoms with van der Waals surface area (Å²) in [5, 5.41) is -0.0578. The van der Waals surface area contributed by atoms with Crippen molar-refractivity contribution in [3.63, 3.8) is 0 Å². The third-order valence-electron chi connectivity index (χ3n) is 3.07. The Morgan fingerprint density at radius 1 is 1.33 bits per heavy atom. The first-order valence-electron chi connectivity index (χ1n) is 7.18. The SMILES string of the molecule is CCOC(=O)c1cnc(SC(C)C(=O)c2ccc(Br)cc2)nc1N. The van der Waals surface area contributed by atoms with Crippen LogP contribution in [0, 0.1) is 0 Å². The zero-order valence-electron chi connectivity index (χ0n) is 13.2. The van der Waals surface area contributed by atoms with E-state index >= 15 is 0 Å². The Bertz CT molecular complexity index is 753. The minimum Gasteiger partial charge on any atom is -0.462 e. The van der Waals surface area contributed by atoms with Crippen LogP contribution in [-0.4, -0.2) is 33.6 Å². The Balaban J connectivity index is 2.10. The number of ether oxygens (including phenoxy) is 1. The van der Waals surface area contributed by atoms with E-state index in [0.717, 1.165) is 4.47 Å². The quantitative estimate of drug-likeness (QED) is 0.338. The van der Waals surface area contributed by atoms with Crippen LogP contribution in [0.25, 0.3) is 0 Å². The van der Waals surface area contributed by atoms with Gasteiger partial charge in [-0.05, 0) is 26.0 Å². The van der Waals surface area contributed by atoms with Crippen LogP contribution in [0.15, 0.2) is 40.1 Å². The standard InChI is InChI=1S/C16H16BrN3O3S/c1-3-23-15(22)12-8-19-16(20-14(12)18)24-9(2)13(21)10-4-6-11(17)7-5-10/h4-9H,3H2,1-2H3,(H2,18,19,20). The van der Waals surface area contributed by atoms with Gasteiger partial charge in [-0.3, -0.25) is 4.79 Å². The minimum atomic E-state index is -0.564. The largest absolute Gasteiger partial charge is 0.462 e. The predicted molar refractivity (Wildman–Crippen MR) is 96.2 cm³/mol. The molecule has 0 saturated heterocycles. The number of halogens is 1. The lowest BCUT2D eigenvalue weighted by Gasteiger charge is -2.10. The van der Waals surface area contributed by atoms with E-state index < -0.39 is 5.97 Å². The van der Waals surface area contributed by atoms with Crippen molar-refractivity contribution in [3.05, 3.63) is 46.1 Å². The number of hydrogen-bond donors (Lipinski definition) is 1. The molecule has 6 nitrogen and oxygen atoms in total. The van der Waals surface area contributed by atoms with Crippen molar-refractivity contribution in [1.29, 1.82) is 0 Å². The molecule has 0 aliphatic heterocycles. The summed E-state index contributed by atoms with van der Waals surface area (Å²) in [4.78, 5) is 32.2. The molecule has 24 heavy (non-hydrogen) atoms. The van der Waals surface area contributed by atoms with E-state index in [1.165, 1.54) is 18.0 Å². The fourth-order valence-electron chi connectivity index (χ4n) is 1.86. The molecule has 0 saturated carbocycles. The van der Waals surface area contributed by atoms with Gasteiger partial charge in [0.05, 0.1) is 11.9 Å². The number of nitrogens with zero attached hydrogens (tertiary/aromatic N) is 2. The first-order chi connectivity index (χ1) is 11.4. The lowest BCUT2D eigenvalue weighted by atomic mass is 10.1. The van der Waals surface area contributed by atoms with Crippen molar-refractivity contribution in [2.45, 2.75) is 24.3 Å². The van der Waals surface area contributed by atoms with E-state index in [9.17, 15) is 9.59 Å². The molecule has 0 fully saturated rings. The highest BCUT2D eigenvalue weighted by molar-refractivity contribution is 9.10. The maximum absolute atomic E-state index is 12.4. The molecule has 1 aromatic heterocycles. The van der Waals surface area contributed by atoms with Gasteiger partial charge in [-0.15, -0.1) is 0 Å². The Hall–Kier alpha value is -1.93. The lowest BCUT2D eigenvalue weighted by molar-refractivity contribution is 0.0526. The van der Waals surface area contributed by atoms with Gasteiger partial charge < -0.3 is 10.5 Å². The Morgan fingerprint density at radius 2 is 2.00 bits per heavy atom. The highest BCUT2D eigenvalue weighted by Gasteiger charge is 2.20. The Morgan fingerprint density at radius 3 is 2.58 bits per heavy atom. The highest BCUT2D eigenvalue weighted by atomic mass is 79.9. The third kappa shape index (κ3) is 4.55. The topological polar surface area (TPSA) is 95.2 Å². The summed E-state index contributed by atoms with van der Waals surface area (Å²) >= 11 is 4.52. The fourth-order valence-corrected chi connectivity index (χ4v) is 2.95. The molecular weight excluding hydrogens is 394 g/mol. The van der Waals surface area contributed by atoms with Crippen molar-refractivity contribution >= 4 is 45.3 Å². The second kappa shape index (κ2) is 8.25. The molecule has 0 aliphatic rings. The molecule has 1 unspecified atom stereocenters. The minimum absolute atomic E-state index is 0.0363. The summed E-state index contributed by atoms with van der Waals surface area (Å²) < 4.78 is 5.78. The molecule has 8 heteroatoms. The average molecular weight is 410 g/mol. The molecule has 2 N–H and O–H groups in total. The number of Topliss-reactive ketones (excluding diaryl/α,β-unsaturated/α-hetero) is 1. The first kappa shape index (κ1) is 18.4. The summed E-state index contributed by atoms with van der Waals surface area (Å²) in [6.07, 6.45) is 1.32. The van der Waals surface area contributed by atoms with Crippen LogP contribution < -0.4 is 5.73 Å². The number of rotatable bonds is 6. The van der Waals surface area contributed by atoms with Crippen LogP contribution in [0.4, 0.5) is 5.82 Å². The van der Waals surface area contributed by atoms with Crippen LogP contribution in [0.1, 0.15) is 34.6 Å². The molecule has 1 heterocycles. The van der Waals surface area contributed by atoms with Gasteiger partial charge in [-0.1, -0.05) is 39.8 Å². The first-order valence-corrected chi connectivity index (χ1v) is 8.85. The molecule has 0 bridgehead atoms. The maximum Gasteiger partial charge on any atom is 0.343 e. The third-order valence-corrected chi connectivity index (χ3v) is 4.58. The molecule has 1 aromatic carbocycles. The molecule has 0 amide bonds. The van der Waals surface area contributed by atoms with E-state index in [-0.39, 0.29) is 29.0 Å². The number of nitrogen functional groups attached to an aromatic ring is 1. The zero-order valence-corrected chi connectivity index (χ0v) is 15.6. The van der Waals surface area contributed by atoms with Crippen LogP contribution in [0.3, 0.4) is 0 Å². The summed E-state index contributed by atoms with van der Waals surface area (Å²) in [6, 6.07) is 7.13. The smallest absolute Gasteiger partial charge is 0.343 e. The van der Waals surface area contributed by atoms with Crippen molar-refractivity contribution in [2.75, 3.05) is 12.3 Å². The molecule has 0 radical (unpaired) electrons. The number of benzene rings is 1. The molecule has 0 aliphatic carbocycles. The fraction of sp³-hybridized carbons (Fsp3) is 0.250. The number of carbonyl (C=O) groups is 2. The average Bonchev–Trinajstić information content (AvgIpc) is 2.55. The van der Waals surface area contributed by atoms with Gasteiger partial charge in [0.15, 0.2) is 10.9 Å². The number of esters is 1. The molecule has 126 valence electrons. The van der Waals surface area contributed by atoms with Crippen LogP contribution in [0.2, 0.25) is 0 Å². The molecule has 2 aromatic rings. The van der Waals surface area contributed by atoms with Crippen LogP contribution in [0.5, 0.6) is 0 Å². The van der Waals surface area contributed by atoms with Gasteiger partial charge in [0, 0.05) is 16.2 Å². The number of anilines is 1. The van der Waals surface area contributed by atoms with E-state index in [1.54, 1.807) is 26.0 Å². The van der Waals surface area contributed by atoms with Gasteiger partial charge in [0.1, 0.15) is 11.4 Å². The summed E-state index contributed by atoms with van der Waals surface area (Å²) in [5.41, 5.74) is 6.50. The van der Waals surface area contributed by atoms with Gasteiger partial charge in [0.2, 0.25) is 0 Å². The molecule has 1 atom stereocenters. The number of nitrogens with two attached hydrogens (primary N) is 1. The van der Waals surface area contributed by atoms with Crippen molar-refractivity contribution in [2.24, 2.45) is 0 Å². The highest BCUT2D eigenvalue weighted by Crippen LogP contribution is 2.24. The van der Waals surface area contributed by atoms with Gasteiger partial charge in [-0.25, -0.2) is 14.8 Å². The Kier molecular flexibility index (Phi) is 6.33.